The molecule has 0 aromatic heterocycles. The number of nitrogens with zero attached hydrogens (tertiary/aromatic N) is 2. The molecule has 3 aromatic rings. The first-order valence-electron chi connectivity index (χ1n) is 19.8. The van der Waals surface area contributed by atoms with Gasteiger partial charge in [-0.1, -0.05) is 36.4 Å². The second-order valence-corrected chi connectivity index (χ2v) is 14.6. The lowest BCUT2D eigenvalue weighted by molar-refractivity contribution is -0.136. The fourth-order valence-corrected chi connectivity index (χ4v) is 7.19. The number of carbonyl (C=O) groups is 8. The van der Waals surface area contributed by atoms with Crippen molar-refractivity contribution < 1.29 is 58.0 Å². The molecule has 3 aliphatic rings. The predicted molar refractivity (Wildman–Crippen MR) is 219 cm³/mol. The van der Waals surface area contributed by atoms with Crippen LogP contribution in [0.2, 0.25) is 0 Å². The Morgan fingerprint density at radius 3 is 2.48 bits per heavy atom. The average molecular weight is 852 g/mol. The van der Waals surface area contributed by atoms with Crippen LogP contribution in [0, 0.1) is 5.41 Å². The summed E-state index contributed by atoms with van der Waals surface area (Å²) in [6, 6.07) is 14.5. The molecule has 2 atom stereocenters. The van der Waals surface area contributed by atoms with Gasteiger partial charge >= 0.3 is 0 Å². The van der Waals surface area contributed by atoms with E-state index < -0.39 is 71.2 Å². The molecule has 7 N–H and O–H groups in total. The first-order valence-corrected chi connectivity index (χ1v) is 19.8. The topological polar surface area (TPSA) is 274 Å². The summed E-state index contributed by atoms with van der Waals surface area (Å²) >= 11 is 0. The zero-order valence-corrected chi connectivity index (χ0v) is 33.7. The van der Waals surface area contributed by atoms with Gasteiger partial charge in [0.05, 0.1) is 35.9 Å². The van der Waals surface area contributed by atoms with Crippen molar-refractivity contribution in [1.82, 2.24) is 31.1 Å². The lowest BCUT2D eigenvalue weighted by Gasteiger charge is -2.27. The number of aliphatic hydroxyl groups is 1. The van der Waals surface area contributed by atoms with Gasteiger partial charge in [-0.25, -0.2) is 0 Å². The van der Waals surface area contributed by atoms with Crippen molar-refractivity contribution in [1.29, 1.82) is 5.41 Å². The highest BCUT2D eigenvalue weighted by atomic mass is 16.5. The number of hydrogen-bond donors (Lipinski definition) is 7. The molecular formula is C43H45N7O12. The van der Waals surface area contributed by atoms with E-state index >= 15 is 0 Å². The zero-order valence-electron chi connectivity index (χ0n) is 33.7. The van der Waals surface area contributed by atoms with Gasteiger partial charge in [0.25, 0.3) is 29.5 Å². The summed E-state index contributed by atoms with van der Waals surface area (Å²) in [6.07, 6.45) is 2.45. The molecule has 3 aromatic carbocycles. The third-order valence-corrected chi connectivity index (χ3v) is 10.4. The second-order valence-electron chi connectivity index (χ2n) is 14.6. The second kappa shape index (κ2) is 19.8. The van der Waals surface area contributed by atoms with Crippen molar-refractivity contribution in [2.45, 2.75) is 44.2 Å². The van der Waals surface area contributed by atoms with Crippen molar-refractivity contribution in [2.75, 3.05) is 46.5 Å². The molecule has 19 nitrogen and oxygen atoms in total. The Labute approximate surface area is 354 Å². The molecule has 324 valence electrons. The molecule has 62 heavy (non-hydrogen) atoms. The van der Waals surface area contributed by atoms with Crippen LogP contribution in [0.25, 0.3) is 5.76 Å². The number of phenolic OH excluding ortho intramolecular Hbond substituents is 1. The van der Waals surface area contributed by atoms with E-state index in [2.05, 4.69) is 21.3 Å². The van der Waals surface area contributed by atoms with Crippen LogP contribution < -0.4 is 26.0 Å². The zero-order chi connectivity index (χ0) is 44.5. The minimum Gasteiger partial charge on any atom is -0.507 e. The number of phenols is 1. The standard InChI is InChI=1S/C43H45N7O12/c1-49(41(58)27-11-9-25(21-33(27)52)32(51)22-29(44)39(56)47-30-12-10-24-5-2-3-6-26(24)30)18-16-45-35(53)15-19-61-20-17-46-37(55)23-62-34-8-4-7-28-38(34)43(60)50(42(28)59)31-13-14-36(54)48-40(31)57/h2-9,11,21-22,30-31,44,51-52H,10,12-20,23H2,1H3,(H,45,53)(H,46,55)(H,47,56)(H,48,54,57)/b32-22-,44-29?. The number of carbonyl (C=O) groups excluding carboxylic acids is 8. The van der Waals surface area contributed by atoms with Crippen LogP contribution in [0.4, 0.5) is 0 Å². The van der Waals surface area contributed by atoms with Crippen LogP contribution in [-0.4, -0.2) is 126 Å². The third-order valence-electron chi connectivity index (χ3n) is 10.4. The molecule has 0 radical (unpaired) electrons. The monoisotopic (exact) mass is 851 g/mol. The summed E-state index contributed by atoms with van der Waals surface area (Å²) in [5.74, 6) is -5.74. The first kappa shape index (κ1) is 44.2. The molecule has 0 saturated carbocycles. The minimum atomic E-state index is -1.14. The fraction of sp³-hybridized carbons (Fsp3) is 0.326. The summed E-state index contributed by atoms with van der Waals surface area (Å²) in [4.78, 5) is 103. The van der Waals surface area contributed by atoms with Crippen molar-refractivity contribution >= 4 is 58.7 Å². The number of likely N-dealkylation sites (N-methyl/N-ethyl adjacent to an activating group) is 1. The molecule has 1 saturated heterocycles. The van der Waals surface area contributed by atoms with Gasteiger partial charge in [0.15, 0.2) is 6.61 Å². The molecule has 2 aliphatic heterocycles. The summed E-state index contributed by atoms with van der Waals surface area (Å²) in [7, 11) is 1.48. The normalized spacial score (nSPS) is 16.9. The van der Waals surface area contributed by atoms with E-state index in [1.54, 1.807) is 0 Å². The molecule has 6 rings (SSSR count). The smallest absolute Gasteiger partial charge is 0.269 e. The quantitative estimate of drug-likeness (QED) is 0.0413. The highest BCUT2D eigenvalue weighted by Crippen LogP contribution is 2.34. The van der Waals surface area contributed by atoms with Gasteiger partial charge in [-0.05, 0) is 54.7 Å². The van der Waals surface area contributed by atoms with Gasteiger partial charge in [-0.15, -0.1) is 0 Å². The Balaban J connectivity index is 0.848. The highest BCUT2D eigenvalue weighted by Gasteiger charge is 2.46. The van der Waals surface area contributed by atoms with E-state index in [1.165, 1.54) is 42.3 Å². The molecule has 1 aliphatic carbocycles. The summed E-state index contributed by atoms with van der Waals surface area (Å²) in [5, 5.41) is 39.5. The summed E-state index contributed by atoms with van der Waals surface area (Å²) < 4.78 is 11.0. The number of amides is 8. The molecule has 8 amide bonds. The van der Waals surface area contributed by atoms with Crippen LogP contribution in [0.3, 0.4) is 0 Å². The van der Waals surface area contributed by atoms with Crippen molar-refractivity contribution in [3.05, 3.63) is 100 Å². The SMILES string of the molecule is CN(CCNC(=O)CCOCCNC(=O)COc1cccc2c1C(=O)N(C1CCC(=O)NC1=O)C2=O)C(=O)c1ccc(/C(O)=C/C(=N)C(=O)NC2CCc3ccccc32)cc1O. The van der Waals surface area contributed by atoms with Crippen molar-refractivity contribution in [3.8, 4) is 11.5 Å². The van der Waals surface area contributed by atoms with Gasteiger partial charge in [0.1, 0.15) is 29.0 Å². The van der Waals surface area contributed by atoms with Crippen molar-refractivity contribution in [3.63, 3.8) is 0 Å². The fourth-order valence-electron chi connectivity index (χ4n) is 7.19. The average Bonchev–Trinajstić information content (AvgIpc) is 3.77. The van der Waals surface area contributed by atoms with Crippen molar-refractivity contribution in [2.24, 2.45) is 0 Å². The summed E-state index contributed by atoms with van der Waals surface area (Å²) in [6.45, 7) is -0.136. The number of hydrogen-bond acceptors (Lipinski definition) is 13. The number of rotatable bonds is 18. The number of piperidine rings is 1. The number of imide groups is 2. The minimum absolute atomic E-state index is 0.00319. The van der Waals surface area contributed by atoms with E-state index in [0.29, 0.717) is 6.42 Å². The predicted octanol–water partition coefficient (Wildman–Crippen LogP) is 1.31. The largest absolute Gasteiger partial charge is 0.507 e. The van der Waals surface area contributed by atoms with E-state index in [0.717, 1.165) is 34.6 Å². The maximum absolute atomic E-state index is 13.2. The Morgan fingerprint density at radius 2 is 1.71 bits per heavy atom. The van der Waals surface area contributed by atoms with Crippen LogP contribution >= 0.6 is 0 Å². The Kier molecular flexibility index (Phi) is 14.1. The molecule has 19 heteroatoms. The summed E-state index contributed by atoms with van der Waals surface area (Å²) in [5.41, 5.74) is 1.60. The maximum Gasteiger partial charge on any atom is 0.269 e. The van der Waals surface area contributed by atoms with E-state index in [4.69, 9.17) is 14.9 Å². The van der Waals surface area contributed by atoms with Crippen LogP contribution in [0.15, 0.2) is 66.7 Å². The van der Waals surface area contributed by atoms with E-state index in [-0.39, 0.29) is 92.1 Å². The molecule has 0 spiro atoms. The number of ether oxygens (including phenoxy) is 2. The number of aromatic hydroxyl groups is 1. The lowest BCUT2D eigenvalue weighted by Crippen LogP contribution is -2.54. The van der Waals surface area contributed by atoms with E-state index in [9.17, 15) is 48.6 Å². The number of nitrogens with one attached hydrogen (secondary N) is 5. The van der Waals surface area contributed by atoms with Gasteiger partial charge in [0.2, 0.25) is 17.7 Å². The molecule has 0 bridgehead atoms. The lowest BCUT2D eigenvalue weighted by atomic mass is 10.0. The number of aryl methyl sites for hydroxylation is 1. The Morgan fingerprint density at radius 1 is 0.935 bits per heavy atom. The van der Waals surface area contributed by atoms with Crippen LogP contribution in [-0.2, 0) is 35.1 Å². The van der Waals surface area contributed by atoms with Crippen LogP contribution in [0.5, 0.6) is 11.5 Å². The van der Waals surface area contributed by atoms with Gasteiger partial charge in [0, 0.05) is 51.2 Å². The first-order chi connectivity index (χ1) is 29.7. The van der Waals surface area contributed by atoms with Gasteiger partial charge < -0.3 is 40.5 Å². The number of aliphatic hydroxyl groups excluding tert-OH is 1. The number of fused-ring (bicyclic) bond motifs is 2. The third kappa shape index (κ3) is 10.3. The maximum atomic E-state index is 13.2. The molecule has 2 unspecified atom stereocenters. The Hall–Kier alpha value is -7.41. The molecule has 1 fully saturated rings. The van der Waals surface area contributed by atoms with E-state index in [1.807, 2.05) is 24.3 Å². The van der Waals surface area contributed by atoms with Crippen LogP contribution in [0.1, 0.15) is 79.5 Å². The van der Waals surface area contributed by atoms with Gasteiger partial charge in [-0.2, -0.15) is 0 Å². The Bertz CT molecular complexity index is 2360. The highest BCUT2D eigenvalue weighted by molar-refractivity contribution is 6.43. The van der Waals surface area contributed by atoms with Gasteiger partial charge in [-0.3, -0.25) is 54.0 Å². The number of benzene rings is 3. The molecular weight excluding hydrogens is 807 g/mol. The molecule has 2 heterocycles.